The molecule has 2 heterocycles. The van der Waals surface area contributed by atoms with Crippen molar-refractivity contribution in [1.29, 1.82) is 0 Å². The van der Waals surface area contributed by atoms with E-state index >= 15 is 0 Å². The molecule has 9 heteroatoms. The van der Waals surface area contributed by atoms with E-state index in [0.717, 1.165) is 47.1 Å². The van der Waals surface area contributed by atoms with E-state index in [2.05, 4.69) is 39.5 Å². The topological polar surface area (TPSA) is 94.0 Å². The lowest BCUT2D eigenvalue weighted by molar-refractivity contribution is -0.125. The zero-order valence-corrected chi connectivity index (χ0v) is 16.6. The Labute approximate surface area is 158 Å². The molecule has 0 aliphatic rings. The lowest BCUT2D eigenvalue weighted by Crippen LogP contribution is -2.30. The molecule has 2 aromatic rings. The van der Waals surface area contributed by atoms with E-state index in [-0.39, 0.29) is 12.5 Å². The minimum Gasteiger partial charge on any atom is -0.372 e. The Bertz CT molecular complexity index is 706. The van der Waals surface area contributed by atoms with E-state index in [4.69, 9.17) is 4.74 Å². The Morgan fingerprint density at radius 3 is 2.81 bits per heavy atom. The number of carbonyl (C=O) groups excluding carboxylic acids is 1. The van der Waals surface area contributed by atoms with Gasteiger partial charge in [0, 0.05) is 25.4 Å². The van der Waals surface area contributed by atoms with E-state index in [9.17, 15) is 4.79 Å². The van der Waals surface area contributed by atoms with Gasteiger partial charge in [0.2, 0.25) is 5.91 Å². The molecule has 0 aromatic carbocycles. The van der Waals surface area contributed by atoms with Crippen LogP contribution in [0.25, 0.3) is 11.0 Å². The van der Waals surface area contributed by atoms with Gasteiger partial charge in [-0.2, -0.15) is 5.10 Å². The van der Waals surface area contributed by atoms with Crippen molar-refractivity contribution in [3.05, 3.63) is 6.20 Å². The third kappa shape index (κ3) is 5.84. The maximum Gasteiger partial charge on any atom is 0.246 e. The van der Waals surface area contributed by atoms with Gasteiger partial charge in [-0.25, -0.2) is 14.6 Å². The van der Waals surface area contributed by atoms with Crippen molar-refractivity contribution in [2.75, 3.05) is 37.4 Å². The molecular weight excluding hydrogens is 352 g/mol. The van der Waals surface area contributed by atoms with Crippen LogP contribution in [0.15, 0.2) is 11.4 Å². The Kier molecular flexibility index (Phi) is 8.63. The fourth-order valence-corrected chi connectivity index (χ4v) is 2.98. The van der Waals surface area contributed by atoms with Crippen molar-refractivity contribution in [2.45, 2.75) is 45.3 Å². The number of hydrogen-bond acceptors (Lipinski definition) is 7. The molecule has 0 radical (unpaired) electrons. The second-order valence-electron chi connectivity index (χ2n) is 5.72. The standard InChI is InChI=1S/C17H28N6O2S/c1-4-7-19-15-13-11-20-23(9-8-18-14(24)12-25-6-3)16(13)22-17(21-15)26-10-5-2/h11H,4-10,12H2,1-3H3,(H,18,24)(H,19,21,22). The number of aromatic nitrogens is 4. The summed E-state index contributed by atoms with van der Waals surface area (Å²) in [5.41, 5.74) is 0.788. The number of thioether (sulfide) groups is 1. The molecule has 2 rings (SSSR count). The SMILES string of the molecule is CCCNc1nc(SCCC)nc2c1cnn2CCNC(=O)COCC. The number of nitrogens with zero attached hydrogens (tertiary/aromatic N) is 4. The molecule has 0 atom stereocenters. The second-order valence-corrected chi connectivity index (χ2v) is 6.78. The smallest absolute Gasteiger partial charge is 0.246 e. The number of nitrogens with one attached hydrogen (secondary N) is 2. The van der Waals surface area contributed by atoms with Gasteiger partial charge >= 0.3 is 0 Å². The summed E-state index contributed by atoms with van der Waals surface area (Å²) in [6.07, 6.45) is 3.86. The maximum atomic E-state index is 11.6. The van der Waals surface area contributed by atoms with Crippen LogP contribution in [-0.4, -0.2) is 57.7 Å². The summed E-state index contributed by atoms with van der Waals surface area (Å²) in [6, 6.07) is 0. The van der Waals surface area contributed by atoms with Gasteiger partial charge in [0.15, 0.2) is 10.8 Å². The number of fused-ring (bicyclic) bond motifs is 1. The Morgan fingerprint density at radius 1 is 1.23 bits per heavy atom. The highest BCUT2D eigenvalue weighted by Gasteiger charge is 2.13. The van der Waals surface area contributed by atoms with Gasteiger partial charge < -0.3 is 15.4 Å². The first-order valence-corrected chi connectivity index (χ1v) is 10.1. The fraction of sp³-hybridized carbons (Fsp3) is 0.647. The van der Waals surface area contributed by atoms with Gasteiger partial charge in [-0.05, 0) is 19.8 Å². The quantitative estimate of drug-likeness (QED) is 0.431. The van der Waals surface area contributed by atoms with Crippen LogP contribution in [0.1, 0.15) is 33.6 Å². The molecule has 0 aliphatic heterocycles. The molecule has 0 spiro atoms. The predicted molar refractivity (Wildman–Crippen MR) is 105 cm³/mol. The van der Waals surface area contributed by atoms with Crippen molar-refractivity contribution in [1.82, 2.24) is 25.1 Å². The Balaban J connectivity index is 2.12. The summed E-state index contributed by atoms with van der Waals surface area (Å²) in [5, 5.41) is 12.3. The van der Waals surface area contributed by atoms with Crippen molar-refractivity contribution in [3.8, 4) is 0 Å². The number of anilines is 1. The molecular formula is C17H28N6O2S. The summed E-state index contributed by atoms with van der Waals surface area (Å²) < 4.78 is 6.90. The normalized spacial score (nSPS) is 11.0. The zero-order chi connectivity index (χ0) is 18.8. The first kappa shape index (κ1) is 20.4. The highest BCUT2D eigenvalue weighted by atomic mass is 32.2. The van der Waals surface area contributed by atoms with Crippen LogP contribution < -0.4 is 10.6 Å². The summed E-state index contributed by atoms with van der Waals surface area (Å²) in [6.45, 7) is 8.60. The van der Waals surface area contributed by atoms with Crippen molar-refractivity contribution < 1.29 is 9.53 Å². The van der Waals surface area contributed by atoms with E-state index in [1.165, 1.54) is 0 Å². The third-order valence-corrected chi connectivity index (χ3v) is 4.59. The number of rotatable bonds is 12. The Morgan fingerprint density at radius 2 is 2.08 bits per heavy atom. The fourth-order valence-electron chi connectivity index (χ4n) is 2.28. The first-order chi connectivity index (χ1) is 12.7. The van der Waals surface area contributed by atoms with Crippen molar-refractivity contribution in [3.63, 3.8) is 0 Å². The number of hydrogen-bond donors (Lipinski definition) is 2. The molecule has 2 aromatic heterocycles. The van der Waals surface area contributed by atoms with Crippen LogP contribution >= 0.6 is 11.8 Å². The minimum absolute atomic E-state index is 0.0847. The third-order valence-electron chi connectivity index (χ3n) is 3.54. The molecule has 2 N–H and O–H groups in total. The summed E-state index contributed by atoms with van der Waals surface area (Å²) in [4.78, 5) is 20.9. The molecule has 0 bridgehead atoms. The van der Waals surface area contributed by atoms with E-state index in [1.807, 2.05) is 11.6 Å². The van der Waals surface area contributed by atoms with Gasteiger partial charge in [-0.3, -0.25) is 4.79 Å². The number of carbonyl (C=O) groups is 1. The lowest BCUT2D eigenvalue weighted by Gasteiger charge is -2.09. The average Bonchev–Trinajstić information content (AvgIpc) is 3.06. The molecule has 144 valence electrons. The van der Waals surface area contributed by atoms with Crippen LogP contribution in [0, 0.1) is 0 Å². The molecule has 0 saturated heterocycles. The molecule has 0 saturated carbocycles. The van der Waals surface area contributed by atoms with Gasteiger partial charge in [-0.1, -0.05) is 25.6 Å². The number of ether oxygens (including phenoxy) is 1. The minimum atomic E-state index is -0.123. The van der Waals surface area contributed by atoms with Gasteiger partial charge in [0.25, 0.3) is 0 Å². The van der Waals surface area contributed by atoms with E-state index in [1.54, 1.807) is 18.0 Å². The molecule has 1 amide bonds. The largest absolute Gasteiger partial charge is 0.372 e. The van der Waals surface area contributed by atoms with Crippen LogP contribution in [0.2, 0.25) is 0 Å². The predicted octanol–water partition coefficient (Wildman–Crippen LogP) is 2.30. The summed E-state index contributed by atoms with van der Waals surface area (Å²) >= 11 is 1.64. The Hall–Kier alpha value is -1.87. The van der Waals surface area contributed by atoms with Gasteiger partial charge in [-0.15, -0.1) is 0 Å². The average molecular weight is 381 g/mol. The highest BCUT2D eigenvalue weighted by Crippen LogP contribution is 2.24. The van der Waals surface area contributed by atoms with Crippen molar-refractivity contribution >= 4 is 34.5 Å². The highest BCUT2D eigenvalue weighted by molar-refractivity contribution is 7.99. The second kappa shape index (κ2) is 11.0. The molecule has 0 fully saturated rings. The zero-order valence-electron chi connectivity index (χ0n) is 15.7. The maximum absolute atomic E-state index is 11.6. The van der Waals surface area contributed by atoms with Crippen LogP contribution in [0.3, 0.4) is 0 Å². The summed E-state index contributed by atoms with van der Waals surface area (Å²) in [7, 11) is 0. The first-order valence-electron chi connectivity index (χ1n) is 9.14. The molecule has 26 heavy (non-hydrogen) atoms. The molecule has 8 nitrogen and oxygen atoms in total. The van der Waals surface area contributed by atoms with Crippen LogP contribution in [-0.2, 0) is 16.1 Å². The molecule has 0 unspecified atom stereocenters. The van der Waals surface area contributed by atoms with Crippen molar-refractivity contribution in [2.24, 2.45) is 0 Å². The lowest BCUT2D eigenvalue weighted by atomic mass is 10.3. The monoisotopic (exact) mass is 380 g/mol. The van der Waals surface area contributed by atoms with Crippen LogP contribution in [0.5, 0.6) is 0 Å². The van der Waals surface area contributed by atoms with E-state index < -0.39 is 0 Å². The number of amides is 1. The molecule has 0 aliphatic carbocycles. The van der Waals surface area contributed by atoms with Gasteiger partial charge in [0.05, 0.1) is 18.1 Å². The summed E-state index contributed by atoms with van der Waals surface area (Å²) in [5.74, 6) is 1.67. The van der Waals surface area contributed by atoms with Gasteiger partial charge in [0.1, 0.15) is 12.4 Å². The van der Waals surface area contributed by atoms with Crippen LogP contribution in [0.4, 0.5) is 5.82 Å². The van der Waals surface area contributed by atoms with E-state index in [0.29, 0.717) is 19.7 Å².